The van der Waals surface area contributed by atoms with Crippen molar-refractivity contribution in [2.75, 3.05) is 0 Å². The van der Waals surface area contributed by atoms with Crippen LogP contribution in [0.3, 0.4) is 0 Å². The molecule has 116 valence electrons. The van der Waals surface area contributed by atoms with Crippen molar-refractivity contribution in [1.29, 1.82) is 0 Å². The van der Waals surface area contributed by atoms with E-state index < -0.39 is 0 Å². The summed E-state index contributed by atoms with van der Waals surface area (Å²) in [4.78, 5) is 0. The lowest BCUT2D eigenvalue weighted by Crippen LogP contribution is -2.36. The molecule has 0 fully saturated rings. The molecule has 0 nitrogen and oxygen atoms in total. The van der Waals surface area contributed by atoms with Gasteiger partial charge in [0.1, 0.15) is 0 Å². The molecule has 0 amide bonds. The van der Waals surface area contributed by atoms with E-state index in [2.05, 4.69) is 45.9 Å². The second kappa shape index (κ2) is 4.47. The molecule has 0 heteroatoms. The van der Waals surface area contributed by atoms with Crippen molar-refractivity contribution < 1.29 is 4.11 Å². The fourth-order valence-corrected chi connectivity index (χ4v) is 3.56. The average molecular weight is 295 g/mol. The summed E-state index contributed by atoms with van der Waals surface area (Å²) in [7, 11) is 0. The van der Waals surface area contributed by atoms with Gasteiger partial charge >= 0.3 is 0 Å². The molecule has 0 bridgehead atoms. The first-order valence-electron chi connectivity index (χ1n) is 9.58. The number of hydrogen-bond donors (Lipinski definition) is 0. The standard InChI is InChI=1S/C22H28/c1-20(2,3)15-12-13-18-19(14-15)22(6,7)17-11-9-8-10-16(17)21(18,4)5/h8-14H,1-7H3/i12D,13D,14D. The maximum absolute atomic E-state index is 8.99. The molecule has 2 aromatic carbocycles. The van der Waals surface area contributed by atoms with Gasteiger partial charge in [0.05, 0.1) is 4.11 Å². The van der Waals surface area contributed by atoms with Gasteiger partial charge in [-0.1, -0.05) is 90.9 Å². The Balaban J connectivity index is 2.54. The summed E-state index contributed by atoms with van der Waals surface area (Å²) >= 11 is 0. The van der Waals surface area contributed by atoms with Crippen LogP contribution < -0.4 is 0 Å². The van der Waals surface area contributed by atoms with Gasteiger partial charge in [-0.25, -0.2) is 0 Å². The minimum Gasteiger partial charge on any atom is -0.0619 e. The van der Waals surface area contributed by atoms with Gasteiger partial charge in [0.25, 0.3) is 0 Å². The van der Waals surface area contributed by atoms with Crippen molar-refractivity contribution >= 4 is 0 Å². The molecule has 22 heavy (non-hydrogen) atoms. The van der Waals surface area contributed by atoms with Crippen molar-refractivity contribution in [3.63, 3.8) is 0 Å². The molecule has 0 saturated carbocycles. The zero-order valence-electron chi connectivity index (χ0n) is 17.8. The minimum atomic E-state index is -0.388. The molecular formula is C22H28. The lowest BCUT2D eigenvalue weighted by Gasteiger charge is -2.44. The second-order valence-electron chi connectivity index (χ2n) is 8.55. The summed E-state index contributed by atoms with van der Waals surface area (Å²) in [5.74, 6) is 0. The molecule has 0 saturated heterocycles. The summed E-state index contributed by atoms with van der Waals surface area (Å²) in [6, 6.07) is 9.30. The normalized spacial score (nSPS) is 20.4. The lowest BCUT2D eigenvalue weighted by molar-refractivity contribution is 0.514. The van der Waals surface area contributed by atoms with Gasteiger partial charge in [0.15, 0.2) is 0 Å². The van der Waals surface area contributed by atoms with E-state index in [-0.39, 0.29) is 28.3 Å². The van der Waals surface area contributed by atoms with Crippen LogP contribution in [0.25, 0.3) is 0 Å². The molecule has 1 aliphatic carbocycles. The summed E-state index contributed by atoms with van der Waals surface area (Å²) in [5.41, 5.74) is 3.78. The van der Waals surface area contributed by atoms with E-state index in [0.29, 0.717) is 11.6 Å². The zero-order chi connectivity index (χ0) is 18.9. The molecule has 0 aliphatic heterocycles. The summed E-state index contributed by atoms with van der Waals surface area (Å²) < 4.78 is 26.4. The summed E-state index contributed by atoms with van der Waals surface area (Å²) in [5, 5.41) is 0. The predicted molar refractivity (Wildman–Crippen MR) is 95.8 cm³/mol. The van der Waals surface area contributed by atoms with Gasteiger partial charge < -0.3 is 0 Å². The topological polar surface area (TPSA) is 0 Å². The Morgan fingerprint density at radius 3 is 1.77 bits per heavy atom. The van der Waals surface area contributed by atoms with Crippen LogP contribution >= 0.6 is 0 Å². The van der Waals surface area contributed by atoms with Crippen molar-refractivity contribution in [3.05, 3.63) is 70.2 Å². The first-order chi connectivity index (χ1) is 11.3. The Bertz CT molecular complexity index is 868. The fourth-order valence-electron chi connectivity index (χ4n) is 3.56. The van der Waals surface area contributed by atoms with Gasteiger partial charge in [0, 0.05) is 10.8 Å². The van der Waals surface area contributed by atoms with Crippen LogP contribution in [0.2, 0.25) is 0 Å². The van der Waals surface area contributed by atoms with Gasteiger partial charge in [-0.3, -0.25) is 0 Å². The third-order valence-corrected chi connectivity index (χ3v) is 5.09. The predicted octanol–water partition coefficient (Wildman–Crippen LogP) is 5.95. The first kappa shape index (κ1) is 11.9. The van der Waals surface area contributed by atoms with E-state index in [1.165, 1.54) is 11.1 Å². The Hall–Kier alpha value is -1.56. The van der Waals surface area contributed by atoms with Crippen molar-refractivity contribution in [2.45, 2.75) is 64.7 Å². The molecule has 3 rings (SSSR count). The molecule has 0 spiro atoms. The minimum absolute atomic E-state index is 0.208. The Morgan fingerprint density at radius 1 is 0.773 bits per heavy atom. The molecular weight excluding hydrogens is 264 g/mol. The first-order valence-corrected chi connectivity index (χ1v) is 8.08. The molecule has 0 N–H and O–H groups in total. The van der Waals surface area contributed by atoms with Gasteiger partial charge in [-0.2, -0.15) is 0 Å². The molecule has 0 aromatic heterocycles. The number of rotatable bonds is 0. The van der Waals surface area contributed by atoms with E-state index in [0.717, 1.165) is 11.1 Å². The van der Waals surface area contributed by atoms with Crippen LogP contribution in [-0.4, -0.2) is 0 Å². The van der Waals surface area contributed by atoms with Crippen molar-refractivity contribution in [3.8, 4) is 0 Å². The Labute approximate surface area is 139 Å². The van der Waals surface area contributed by atoms with Crippen LogP contribution in [0.15, 0.2) is 42.4 Å². The van der Waals surface area contributed by atoms with E-state index in [4.69, 9.17) is 4.11 Å². The maximum Gasteiger partial charge on any atom is 0.0629 e. The largest absolute Gasteiger partial charge is 0.0629 e. The highest BCUT2D eigenvalue weighted by atomic mass is 14.4. The highest BCUT2D eigenvalue weighted by molar-refractivity contribution is 5.59. The molecule has 0 heterocycles. The van der Waals surface area contributed by atoms with Crippen LogP contribution in [0, 0.1) is 0 Å². The van der Waals surface area contributed by atoms with Crippen molar-refractivity contribution in [1.82, 2.24) is 0 Å². The Morgan fingerprint density at radius 2 is 1.27 bits per heavy atom. The number of fused-ring (bicyclic) bond motifs is 2. The van der Waals surface area contributed by atoms with Gasteiger partial charge in [-0.15, -0.1) is 0 Å². The van der Waals surface area contributed by atoms with Crippen LogP contribution in [0.4, 0.5) is 0 Å². The second-order valence-corrected chi connectivity index (χ2v) is 8.55. The highest BCUT2D eigenvalue weighted by Crippen LogP contribution is 2.50. The van der Waals surface area contributed by atoms with Gasteiger partial charge in [0.2, 0.25) is 0 Å². The number of benzene rings is 2. The van der Waals surface area contributed by atoms with Crippen molar-refractivity contribution in [2.24, 2.45) is 0 Å². The smallest absolute Gasteiger partial charge is 0.0619 e. The molecule has 1 aliphatic rings. The fraction of sp³-hybridized carbons (Fsp3) is 0.455. The van der Waals surface area contributed by atoms with E-state index in [1.807, 2.05) is 26.8 Å². The summed E-state index contributed by atoms with van der Waals surface area (Å²) in [6.45, 7) is 14.6. The molecule has 0 unspecified atom stereocenters. The maximum atomic E-state index is 8.99. The van der Waals surface area contributed by atoms with Crippen LogP contribution in [0.1, 0.15) is 80.4 Å². The highest BCUT2D eigenvalue weighted by Gasteiger charge is 2.41. The quantitative estimate of drug-likeness (QED) is 0.563. The third-order valence-electron chi connectivity index (χ3n) is 5.09. The summed E-state index contributed by atoms with van der Waals surface area (Å²) in [6.07, 6.45) is 0. The molecule has 2 aromatic rings. The zero-order valence-corrected chi connectivity index (χ0v) is 14.8. The lowest BCUT2D eigenvalue weighted by atomic mass is 9.59. The average Bonchev–Trinajstić information content (AvgIpc) is 2.48. The molecule has 0 radical (unpaired) electrons. The molecule has 0 atom stereocenters. The SMILES string of the molecule is [2H]c1c([2H])c2c(c([2H])c1C(C)(C)C)C(C)(C)c1ccccc1C2(C)C. The van der Waals surface area contributed by atoms with E-state index >= 15 is 0 Å². The number of hydrogen-bond acceptors (Lipinski definition) is 0. The van der Waals surface area contributed by atoms with E-state index in [9.17, 15) is 0 Å². The van der Waals surface area contributed by atoms with Crippen LogP contribution in [0.5, 0.6) is 0 Å². The van der Waals surface area contributed by atoms with E-state index in [1.54, 1.807) is 0 Å². The monoisotopic (exact) mass is 295 g/mol. The third kappa shape index (κ3) is 2.04. The van der Waals surface area contributed by atoms with Crippen LogP contribution in [-0.2, 0) is 16.2 Å². The Kier molecular flexibility index (Phi) is 2.43. The van der Waals surface area contributed by atoms with Gasteiger partial charge in [-0.05, 0) is 33.2 Å².